The minimum Gasteiger partial charge on any atom is -0.326 e. The number of hydrogen-bond donors (Lipinski definition) is 1. The molecule has 0 radical (unpaired) electrons. The van der Waals surface area contributed by atoms with E-state index in [9.17, 15) is 18.4 Å². The second-order valence-corrected chi connectivity index (χ2v) is 7.16. The molecule has 28 heavy (non-hydrogen) atoms. The van der Waals surface area contributed by atoms with Crippen molar-refractivity contribution in [3.8, 4) is 5.69 Å². The van der Waals surface area contributed by atoms with E-state index in [0.717, 1.165) is 23.9 Å². The number of hydrogen-bond acceptors (Lipinski definition) is 6. The van der Waals surface area contributed by atoms with Crippen LogP contribution in [-0.4, -0.2) is 37.1 Å². The van der Waals surface area contributed by atoms with E-state index in [0.29, 0.717) is 22.6 Å². The normalized spacial score (nSPS) is 11.9. The molecule has 0 bridgehead atoms. The van der Waals surface area contributed by atoms with Gasteiger partial charge in [0, 0.05) is 18.7 Å². The summed E-state index contributed by atoms with van der Waals surface area (Å²) in [5.74, 6) is -2.40. The SMILES string of the molecule is CC(=O)Nc1cccc(-n2nnnc2SC(C)C(=O)c2ccc(F)cc2F)c1. The number of Topliss-reactive ketones (excluding diaryl/α,β-unsaturated/α-hetero) is 1. The number of benzene rings is 2. The van der Waals surface area contributed by atoms with Crippen molar-refractivity contribution in [2.45, 2.75) is 24.3 Å². The number of anilines is 1. The van der Waals surface area contributed by atoms with Gasteiger partial charge in [-0.2, -0.15) is 4.68 Å². The van der Waals surface area contributed by atoms with E-state index in [4.69, 9.17) is 0 Å². The fourth-order valence-electron chi connectivity index (χ4n) is 2.45. The van der Waals surface area contributed by atoms with E-state index < -0.39 is 22.7 Å². The Morgan fingerprint density at radius 2 is 1.96 bits per heavy atom. The molecule has 1 amide bonds. The Morgan fingerprint density at radius 3 is 2.68 bits per heavy atom. The monoisotopic (exact) mass is 403 g/mol. The summed E-state index contributed by atoms with van der Waals surface area (Å²) in [4.78, 5) is 23.7. The topological polar surface area (TPSA) is 89.8 Å². The number of ketones is 1. The largest absolute Gasteiger partial charge is 0.326 e. The van der Waals surface area contributed by atoms with Crippen LogP contribution in [0.15, 0.2) is 47.6 Å². The Kier molecular flexibility index (Phi) is 5.78. The summed E-state index contributed by atoms with van der Waals surface area (Å²) in [5, 5.41) is 13.7. The van der Waals surface area contributed by atoms with Crippen molar-refractivity contribution >= 4 is 29.1 Å². The van der Waals surface area contributed by atoms with E-state index >= 15 is 0 Å². The molecular formula is C18H15F2N5O2S. The average molecular weight is 403 g/mol. The molecule has 0 saturated carbocycles. The molecule has 0 aliphatic heterocycles. The van der Waals surface area contributed by atoms with Crippen LogP contribution in [0, 0.1) is 11.6 Å². The first-order valence-corrected chi connectivity index (χ1v) is 9.05. The van der Waals surface area contributed by atoms with E-state index in [1.807, 2.05) is 0 Å². The van der Waals surface area contributed by atoms with Crippen LogP contribution in [-0.2, 0) is 4.79 Å². The number of thioether (sulfide) groups is 1. The second kappa shape index (κ2) is 8.26. The Hall–Kier alpha value is -3.14. The second-order valence-electron chi connectivity index (χ2n) is 5.85. The summed E-state index contributed by atoms with van der Waals surface area (Å²) in [6.07, 6.45) is 0. The number of halogens is 2. The molecule has 0 fully saturated rings. The quantitative estimate of drug-likeness (QED) is 0.502. The third-order valence-corrected chi connectivity index (χ3v) is 4.73. The summed E-state index contributed by atoms with van der Waals surface area (Å²) < 4.78 is 28.3. The number of amides is 1. The zero-order valence-electron chi connectivity index (χ0n) is 14.9. The summed E-state index contributed by atoms with van der Waals surface area (Å²) >= 11 is 1.04. The number of aromatic nitrogens is 4. The molecule has 0 spiro atoms. The maximum atomic E-state index is 13.9. The van der Waals surface area contributed by atoms with Gasteiger partial charge in [0.2, 0.25) is 11.1 Å². The smallest absolute Gasteiger partial charge is 0.221 e. The van der Waals surface area contributed by atoms with Crippen LogP contribution in [0.3, 0.4) is 0 Å². The maximum Gasteiger partial charge on any atom is 0.221 e. The van der Waals surface area contributed by atoms with Gasteiger partial charge >= 0.3 is 0 Å². The van der Waals surface area contributed by atoms with Gasteiger partial charge < -0.3 is 5.32 Å². The molecule has 1 aromatic heterocycles. The first-order chi connectivity index (χ1) is 13.3. The van der Waals surface area contributed by atoms with Crippen molar-refractivity contribution in [1.29, 1.82) is 0 Å². The Bertz CT molecular complexity index is 1040. The molecule has 10 heteroatoms. The third kappa shape index (κ3) is 4.39. The molecule has 1 unspecified atom stereocenters. The van der Waals surface area contributed by atoms with Gasteiger partial charge in [-0.15, -0.1) is 5.10 Å². The molecule has 2 aromatic carbocycles. The molecule has 3 aromatic rings. The van der Waals surface area contributed by atoms with Crippen LogP contribution in [0.4, 0.5) is 14.5 Å². The summed E-state index contributed by atoms with van der Waals surface area (Å²) in [6.45, 7) is 2.98. The summed E-state index contributed by atoms with van der Waals surface area (Å²) in [5.41, 5.74) is 0.938. The minimum atomic E-state index is -0.917. The fourth-order valence-corrected chi connectivity index (χ4v) is 3.33. The lowest BCUT2D eigenvalue weighted by Gasteiger charge is -2.11. The van der Waals surface area contributed by atoms with Gasteiger partial charge in [-0.3, -0.25) is 9.59 Å². The van der Waals surface area contributed by atoms with Gasteiger partial charge in [0.25, 0.3) is 0 Å². The average Bonchev–Trinajstić information content (AvgIpc) is 3.09. The molecule has 7 nitrogen and oxygen atoms in total. The number of carbonyl (C=O) groups excluding carboxylic acids is 2. The standard InChI is InChI=1S/C18H15F2N5O2S/c1-10(17(27)15-7-6-12(19)8-16(15)20)28-18-22-23-24-25(18)14-5-3-4-13(9-14)21-11(2)26/h3-10H,1-2H3,(H,21,26). The van der Waals surface area contributed by atoms with Crippen LogP contribution in [0.2, 0.25) is 0 Å². The van der Waals surface area contributed by atoms with Gasteiger partial charge in [0.1, 0.15) is 11.6 Å². The highest BCUT2D eigenvalue weighted by Gasteiger charge is 2.23. The first-order valence-electron chi connectivity index (χ1n) is 8.17. The molecule has 1 N–H and O–H groups in total. The van der Waals surface area contributed by atoms with Gasteiger partial charge in [-0.25, -0.2) is 8.78 Å². The molecule has 0 saturated heterocycles. The lowest BCUT2D eigenvalue weighted by Crippen LogP contribution is -2.16. The Morgan fingerprint density at radius 1 is 1.18 bits per heavy atom. The number of rotatable bonds is 6. The number of carbonyl (C=O) groups is 2. The predicted octanol–water partition coefficient (Wildman–Crippen LogP) is 3.26. The van der Waals surface area contributed by atoms with Crippen LogP contribution in [0.25, 0.3) is 5.69 Å². The highest BCUT2D eigenvalue weighted by Crippen LogP contribution is 2.27. The van der Waals surface area contributed by atoms with Crippen LogP contribution < -0.4 is 5.32 Å². The van der Waals surface area contributed by atoms with Crippen molar-refractivity contribution < 1.29 is 18.4 Å². The van der Waals surface area contributed by atoms with Crippen molar-refractivity contribution in [2.24, 2.45) is 0 Å². The molecule has 1 atom stereocenters. The van der Waals surface area contributed by atoms with Crippen molar-refractivity contribution in [2.75, 3.05) is 5.32 Å². The maximum absolute atomic E-state index is 13.9. The van der Waals surface area contributed by atoms with Crippen molar-refractivity contribution in [3.63, 3.8) is 0 Å². The number of nitrogens with zero attached hydrogens (tertiary/aromatic N) is 4. The van der Waals surface area contributed by atoms with Crippen LogP contribution in [0.5, 0.6) is 0 Å². The highest BCUT2D eigenvalue weighted by atomic mass is 32.2. The summed E-state index contributed by atoms with van der Waals surface area (Å²) in [7, 11) is 0. The fraction of sp³-hybridized carbons (Fsp3) is 0.167. The first kappa shape index (κ1) is 19.6. The van der Waals surface area contributed by atoms with E-state index in [1.54, 1.807) is 31.2 Å². The predicted molar refractivity (Wildman–Crippen MR) is 99.5 cm³/mol. The zero-order chi connectivity index (χ0) is 20.3. The Balaban J connectivity index is 1.82. The highest BCUT2D eigenvalue weighted by molar-refractivity contribution is 8.00. The molecule has 0 aliphatic carbocycles. The van der Waals surface area contributed by atoms with E-state index in [2.05, 4.69) is 20.8 Å². The van der Waals surface area contributed by atoms with Crippen LogP contribution >= 0.6 is 11.8 Å². The van der Waals surface area contributed by atoms with E-state index in [1.165, 1.54) is 11.6 Å². The number of tetrazole rings is 1. The zero-order valence-corrected chi connectivity index (χ0v) is 15.7. The Labute approximate surface area is 163 Å². The van der Waals surface area contributed by atoms with Gasteiger partial charge in [0.15, 0.2) is 5.78 Å². The van der Waals surface area contributed by atoms with E-state index in [-0.39, 0.29) is 11.5 Å². The lowest BCUT2D eigenvalue weighted by atomic mass is 10.1. The lowest BCUT2D eigenvalue weighted by molar-refractivity contribution is -0.114. The number of nitrogens with one attached hydrogen (secondary N) is 1. The molecule has 144 valence electrons. The van der Waals surface area contributed by atoms with Crippen LogP contribution in [0.1, 0.15) is 24.2 Å². The summed E-state index contributed by atoms with van der Waals surface area (Å²) in [6, 6.07) is 9.66. The molecular weight excluding hydrogens is 388 g/mol. The van der Waals surface area contributed by atoms with Gasteiger partial charge in [-0.1, -0.05) is 17.8 Å². The van der Waals surface area contributed by atoms with Crippen molar-refractivity contribution in [3.05, 3.63) is 59.7 Å². The third-order valence-electron chi connectivity index (χ3n) is 3.70. The molecule has 3 rings (SSSR count). The molecule has 0 aliphatic rings. The van der Waals surface area contributed by atoms with Crippen molar-refractivity contribution in [1.82, 2.24) is 20.2 Å². The minimum absolute atomic E-state index is 0.201. The van der Waals surface area contributed by atoms with Gasteiger partial charge in [-0.05, 0) is 47.7 Å². The molecule has 1 heterocycles. The van der Waals surface area contributed by atoms with Gasteiger partial charge in [0.05, 0.1) is 16.5 Å².